The second kappa shape index (κ2) is 13.6. The van der Waals surface area contributed by atoms with Crippen LogP contribution in [0.4, 0.5) is 0 Å². The van der Waals surface area contributed by atoms with Crippen LogP contribution < -0.4 is 4.74 Å². The smallest absolute Gasteiger partial charge is 0.309 e. The molecule has 0 bridgehead atoms. The molecule has 0 spiro atoms. The maximum absolute atomic E-state index is 11.8. The van der Waals surface area contributed by atoms with E-state index in [0.29, 0.717) is 6.42 Å². The van der Waals surface area contributed by atoms with Gasteiger partial charge in [0.1, 0.15) is 5.75 Å². The monoisotopic (exact) mass is 418 g/mol. The lowest BCUT2D eigenvalue weighted by molar-refractivity contribution is -0.144. The van der Waals surface area contributed by atoms with Gasteiger partial charge in [0, 0.05) is 0 Å². The molecule has 2 aromatic carbocycles. The minimum absolute atomic E-state index is 0.112. The van der Waals surface area contributed by atoms with Crippen molar-refractivity contribution in [2.24, 2.45) is 5.92 Å². The van der Waals surface area contributed by atoms with Crippen molar-refractivity contribution >= 4 is 15.8 Å². The summed E-state index contributed by atoms with van der Waals surface area (Å²) in [5.41, 5.74) is 1.18. The van der Waals surface area contributed by atoms with Gasteiger partial charge in [-0.15, -0.1) is 6.58 Å². The largest absolute Gasteiger partial charge is 0.497 e. The predicted molar refractivity (Wildman–Crippen MR) is 117 cm³/mol. The van der Waals surface area contributed by atoms with Crippen LogP contribution >= 0.6 is 0 Å². The Balaban J connectivity index is 0.000000436. The van der Waals surface area contributed by atoms with Crippen LogP contribution in [0.25, 0.3) is 0 Å². The van der Waals surface area contributed by atoms with E-state index in [-0.39, 0.29) is 11.5 Å². The summed E-state index contributed by atoms with van der Waals surface area (Å²) in [5.74, 6) is -0.452. The van der Waals surface area contributed by atoms with Gasteiger partial charge < -0.3 is 9.47 Å². The number of ether oxygens (including phenoxy) is 2. The number of para-hydroxylation sites is 1. The zero-order chi connectivity index (χ0) is 21.5. The summed E-state index contributed by atoms with van der Waals surface area (Å²) in [5, 5.41) is 0. The Morgan fingerprint density at radius 3 is 2.10 bits per heavy atom. The van der Waals surface area contributed by atoms with Crippen molar-refractivity contribution in [3.05, 3.63) is 78.9 Å². The molecule has 29 heavy (non-hydrogen) atoms. The van der Waals surface area contributed by atoms with Crippen molar-refractivity contribution < 1.29 is 22.7 Å². The Morgan fingerprint density at radius 1 is 1.03 bits per heavy atom. The highest BCUT2D eigenvalue weighted by Crippen LogP contribution is 2.15. The van der Waals surface area contributed by atoms with Gasteiger partial charge in [-0.05, 0) is 37.0 Å². The van der Waals surface area contributed by atoms with E-state index < -0.39 is 21.7 Å². The maximum Gasteiger partial charge on any atom is 0.309 e. The fourth-order valence-corrected chi connectivity index (χ4v) is 4.15. The summed E-state index contributed by atoms with van der Waals surface area (Å²) in [6.45, 7) is 3.42. The number of hydrogen-bond acceptors (Lipinski definition) is 5. The van der Waals surface area contributed by atoms with E-state index in [9.17, 15) is 13.2 Å². The van der Waals surface area contributed by atoms with E-state index in [0.717, 1.165) is 18.6 Å². The summed E-state index contributed by atoms with van der Waals surface area (Å²) >= 11 is 0. The van der Waals surface area contributed by atoms with Crippen LogP contribution in [0.5, 0.6) is 5.75 Å². The SMILES string of the molecule is C=CCS(=O)(=O)CC(CCCc1ccccc1)C(=O)OC.COc1ccccc1. The zero-order valence-electron chi connectivity index (χ0n) is 17.1. The molecule has 0 fully saturated rings. The highest BCUT2D eigenvalue weighted by molar-refractivity contribution is 7.91. The fourth-order valence-electron chi connectivity index (χ4n) is 2.74. The van der Waals surface area contributed by atoms with Crippen molar-refractivity contribution in [2.75, 3.05) is 25.7 Å². The number of methoxy groups -OCH3 is 2. The van der Waals surface area contributed by atoms with E-state index in [1.165, 1.54) is 18.7 Å². The molecule has 0 radical (unpaired) electrons. The molecule has 1 atom stereocenters. The van der Waals surface area contributed by atoms with Gasteiger partial charge in [0.15, 0.2) is 9.84 Å². The van der Waals surface area contributed by atoms with Crippen molar-refractivity contribution in [1.82, 2.24) is 0 Å². The maximum atomic E-state index is 11.8. The molecule has 0 saturated heterocycles. The van der Waals surface area contributed by atoms with Gasteiger partial charge in [-0.25, -0.2) is 8.42 Å². The number of esters is 1. The Hall–Kier alpha value is -2.60. The van der Waals surface area contributed by atoms with Crippen molar-refractivity contribution in [1.29, 1.82) is 0 Å². The molecule has 1 unspecified atom stereocenters. The van der Waals surface area contributed by atoms with Crippen LogP contribution in [0, 0.1) is 5.92 Å². The number of hydrogen-bond donors (Lipinski definition) is 0. The summed E-state index contributed by atoms with van der Waals surface area (Å²) in [6.07, 6.45) is 3.40. The van der Waals surface area contributed by atoms with Crippen LogP contribution in [0.15, 0.2) is 73.3 Å². The van der Waals surface area contributed by atoms with E-state index >= 15 is 0 Å². The molecule has 0 aliphatic carbocycles. The average Bonchev–Trinajstić information content (AvgIpc) is 2.74. The van der Waals surface area contributed by atoms with Gasteiger partial charge in [-0.2, -0.15) is 0 Å². The first-order valence-electron chi connectivity index (χ1n) is 9.44. The molecule has 0 heterocycles. The predicted octanol–water partition coefficient (Wildman–Crippen LogP) is 4.09. The van der Waals surface area contributed by atoms with Crippen LogP contribution in [0.1, 0.15) is 18.4 Å². The minimum atomic E-state index is -3.30. The third-order valence-electron chi connectivity index (χ3n) is 4.20. The molecule has 0 aliphatic rings. The lowest BCUT2D eigenvalue weighted by atomic mass is 10.0. The topological polar surface area (TPSA) is 69.7 Å². The van der Waals surface area contributed by atoms with E-state index in [4.69, 9.17) is 9.47 Å². The van der Waals surface area contributed by atoms with E-state index in [2.05, 4.69) is 6.58 Å². The first-order chi connectivity index (χ1) is 13.9. The lowest BCUT2D eigenvalue weighted by Crippen LogP contribution is -2.26. The van der Waals surface area contributed by atoms with Gasteiger partial charge in [0.25, 0.3) is 0 Å². The molecule has 2 rings (SSSR count). The highest BCUT2D eigenvalue weighted by Gasteiger charge is 2.25. The first kappa shape index (κ1) is 24.4. The molecule has 2 aromatic rings. The molecule has 6 heteroatoms. The van der Waals surface area contributed by atoms with Gasteiger partial charge in [-0.1, -0.05) is 54.6 Å². The molecule has 0 amide bonds. The van der Waals surface area contributed by atoms with Crippen LogP contribution in [0.3, 0.4) is 0 Å². The van der Waals surface area contributed by atoms with Crippen molar-refractivity contribution in [3.63, 3.8) is 0 Å². The fraction of sp³-hybridized carbons (Fsp3) is 0.348. The number of rotatable bonds is 10. The number of carbonyl (C=O) groups excluding carboxylic acids is 1. The normalized spacial score (nSPS) is 11.5. The van der Waals surface area contributed by atoms with Crippen LogP contribution in [0.2, 0.25) is 0 Å². The van der Waals surface area contributed by atoms with Gasteiger partial charge in [-0.3, -0.25) is 4.79 Å². The van der Waals surface area contributed by atoms with Crippen molar-refractivity contribution in [2.45, 2.75) is 19.3 Å². The van der Waals surface area contributed by atoms with Gasteiger partial charge in [0.05, 0.1) is 31.6 Å². The molecular weight excluding hydrogens is 388 g/mol. The Kier molecular flexibility index (Phi) is 11.4. The standard InChI is InChI=1S/C16H22O4S.C7H8O/c1-3-12-21(18,19)13-15(16(17)20-2)11-7-10-14-8-5-4-6-9-14;1-8-7-5-3-2-4-6-7/h3-6,8-9,15H,1,7,10-13H2,2H3;2-6H,1H3. The Bertz CT molecular complexity index is 817. The number of aryl methyl sites for hydroxylation is 1. The summed E-state index contributed by atoms with van der Waals surface area (Å²) in [6, 6.07) is 19.6. The van der Waals surface area contributed by atoms with E-state index in [1.807, 2.05) is 60.7 Å². The number of carbonyl (C=O) groups is 1. The molecule has 0 aliphatic heterocycles. The highest BCUT2D eigenvalue weighted by atomic mass is 32.2. The zero-order valence-corrected chi connectivity index (χ0v) is 17.9. The average molecular weight is 419 g/mol. The van der Waals surface area contributed by atoms with Crippen molar-refractivity contribution in [3.8, 4) is 5.75 Å². The summed E-state index contributed by atoms with van der Waals surface area (Å²) < 4.78 is 33.3. The Labute approximate surface area is 174 Å². The second-order valence-corrected chi connectivity index (χ2v) is 8.63. The number of benzene rings is 2. The van der Waals surface area contributed by atoms with Gasteiger partial charge >= 0.3 is 5.97 Å². The first-order valence-corrected chi connectivity index (χ1v) is 11.3. The minimum Gasteiger partial charge on any atom is -0.497 e. The third kappa shape index (κ3) is 10.5. The summed E-state index contributed by atoms with van der Waals surface area (Å²) in [7, 11) is -0.354. The summed E-state index contributed by atoms with van der Waals surface area (Å²) in [4.78, 5) is 11.7. The van der Waals surface area contributed by atoms with Gasteiger partial charge in [0.2, 0.25) is 0 Å². The molecular formula is C23H30O5S. The quantitative estimate of drug-likeness (QED) is 0.429. The van der Waals surface area contributed by atoms with Crippen LogP contribution in [-0.4, -0.2) is 40.1 Å². The van der Waals surface area contributed by atoms with E-state index in [1.54, 1.807) is 7.11 Å². The number of sulfone groups is 1. The molecule has 0 saturated carbocycles. The Morgan fingerprint density at radius 2 is 1.62 bits per heavy atom. The molecule has 0 aromatic heterocycles. The third-order valence-corrected chi connectivity index (χ3v) is 5.85. The molecule has 5 nitrogen and oxygen atoms in total. The molecule has 0 N–H and O–H groups in total. The molecule has 158 valence electrons. The van der Waals surface area contributed by atoms with Crippen LogP contribution in [-0.2, 0) is 25.8 Å². The second-order valence-electron chi connectivity index (χ2n) is 6.48. The lowest BCUT2D eigenvalue weighted by Gasteiger charge is -2.14.